The lowest BCUT2D eigenvalue weighted by atomic mass is 9.89. The predicted molar refractivity (Wildman–Crippen MR) is 56.0 cm³/mol. The summed E-state index contributed by atoms with van der Waals surface area (Å²) in [4.78, 5) is 10.7. The minimum absolute atomic E-state index is 0.197. The van der Waals surface area contributed by atoms with Gasteiger partial charge in [-0.1, -0.05) is 19.9 Å². The Morgan fingerprint density at radius 2 is 2.00 bits per heavy atom. The van der Waals surface area contributed by atoms with E-state index in [0.717, 1.165) is 6.07 Å². The maximum atomic E-state index is 13.3. The molecule has 1 aromatic carbocycles. The van der Waals surface area contributed by atoms with Gasteiger partial charge in [0.15, 0.2) is 0 Å². The molecule has 0 fully saturated rings. The first-order valence-electron chi connectivity index (χ1n) is 5.08. The summed E-state index contributed by atoms with van der Waals surface area (Å²) < 4.78 is 25.9. The van der Waals surface area contributed by atoms with E-state index in [1.54, 1.807) is 13.8 Å². The van der Waals surface area contributed by atoms with Crippen LogP contribution in [0.1, 0.15) is 19.4 Å². The van der Waals surface area contributed by atoms with Gasteiger partial charge in [0, 0.05) is 6.07 Å². The zero-order valence-electron chi connectivity index (χ0n) is 9.21. The van der Waals surface area contributed by atoms with Crippen LogP contribution in [0.3, 0.4) is 0 Å². The quantitative estimate of drug-likeness (QED) is 0.860. The second kappa shape index (κ2) is 5.05. The van der Waals surface area contributed by atoms with E-state index in [0.29, 0.717) is 12.0 Å². The zero-order chi connectivity index (χ0) is 12.3. The highest BCUT2D eigenvalue weighted by Crippen LogP contribution is 2.19. The lowest BCUT2D eigenvalue weighted by Crippen LogP contribution is -2.20. The first-order valence-corrected chi connectivity index (χ1v) is 5.08. The second-order valence-corrected chi connectivity index (χ2v) is 4.04. The maximum Gasteiger partial charge on any atom is 0.306 e. The minimum Gasteiger partial charge on any atom is -0.481 e. The van der Waals surface area contributed by atoms with Gasteiger partial charge in [0.05, 0.1) is 5.92 Å². The van der Waals surface area contributed by atoms with E-state index in [-0.39, 0.29) is 5.92 Å². The Kier molecular flexibility index (Phi) is 3.99. The molecule has 1 N–H and O–H groups in total. The fourth-order valence-electron chi connectivity index (χ4n) is 1.45. The summed E-state index contributed by atoms with van der Waals surface area (Å²) >= 11 is 0. The molecule has 0 aliphatic rings. The number of carbonyl (C=O) groups is 1. The van der Waals surface area contributed by atoms with Gasteiger partial charge in [-0.25, -0.2) is 8.78 Å². The van der Waals surface area contributed by atoms with Gasteiger partial charge < -0.3 is 5.11 Å². The number of rotatable bonds is 4. The molecule has 0 aliphatic heterocycles. The normalized spacial score (nSPS) is 14.5. The van der Waals surface area contributed by atoms with Crippen molar-refractivity contribution in [3.05, 3.63) is 35.4 Å². The third-order valence-corrected chi connectivity index (χ3v) is 2.80. The number of halogens is 2. The Bertz CT molecular complexity index is 391. The Morgan fingerprint density at radius 1 is 1.38 bits per heavy atom. The molecule has 0 amide bonds. The summed E-state index contributed by atoms with van der Waals surface area (Å²) in [6.07, 6.45) is 0.291. The van der Waals surface area contributed by atoms with Crippen molar-refractivity contribution < 1.29 is 18.7 Å². The molecule has 0 bridgehead atoms. The van der Waals surface area contributed by atoms with E-state index in [1.165, 1.54) is 12.1 Å². The number of benzene rings is 1. The molecule has 2 atom stereocenters. The lowest BCUT2D eigenvalue weighted by Gasteiger charge is -2.16. The Labute approximate surface area is 92.9 Å². The molecule has 0 saturated heterocycles. The number of hydrogen-bond acceptors (Lipinski definition) is 1. The molecule has 2 nitrogen and oxygen atoms in total. The van der Waals surface area contributed by atoms with Crippen LogP contribution in [-0.4, -0.2) is 11.1 Å². The minimum atomic E-state index is -0.907. The molecule has 2 unspecified atom stereocenters. The molecule has 0 heterocycles. The van der Waals surface area contributed by atoms with E-state index in [1.807, 2.05) is 0 Å². The Morgan fingerprint density at radius 3 is 2.50 bits per heavy atom. The van der Waals surface area contributed by atoms with Crippen molar-refractivity contribution in [3.8, 4) is 0 Å². The van der Waals surface area contributed by atoms with Gasteiger partial charge >= 0.3 is 5.97 Å². The lowest BCUT2D eigenvalue weighted by molar-refractivity contribution is -0.142. The van der Waals surface area contributed by atoms with Crippen molar-refractivity contribution in [1.82, 2.24) is 0 Å². The van der Waals surface area contributed by atoms with Gasteiger partial charge in [0.1, 0.15) is 11.6 Å². The predicted octanol–water partition coefficient (Wildman–Crippen LogP) is 2.86. The van der Waals surface area contributed by atoms with Gasteiger partial charge in [0.2, 0.25) is 0 Å². The van der Waals surface area contributed by atoms with Crippen LogP contribution in [0.2, 0.25) is 0 Å². The van der Waals surface area contributed by atoms with E-state index in [9.17, 15) is 13.6 Å². The summed E-state index contributed by atoms with van der Waals surface area (Å²) in [5.41, 5.74) is 0.349. The molecule has 16 heavy (non-hydrogen) atoms. The van der Waals surface area contributed by atoms with Crippen LogP contribution in [-0.2, 0) is 11.2 Å². The van der Waals surface area contributed by atoms with Crippen LogP contribution in [0, 0.1) is 23.5 Å². The van der Waals surface area contributed by atoms with Gasteiger partial charge in [-0.15, -0.1) is 0 Å². The SMILES string of the molecule is CC(Cc1ccc(F)cc1F)C(C)C(=O)O. The largest absolute Gasteiger partial charge is 0.481 e. The third kappa shape index (κ3) is 3.02. The number of aliphatic carboxylic acids is 1. The summed E-state index contributed by atoms with van der Waals surface area (Å²) in [6.45, 7) is 3.32. The molecule has 1 aromatic rings. The second-order valence-electron chi connectivity index (χ2n) is 4.04. The van der Waals surface area contributed by atoms with E-state index < -0.39 is 23.5 Å². The number of carboxylic acids is 1. The van der Waals surface area contributed by atoms with Crippen molar-refractivity contribution >= 4 is 5.97 Å². The summed E-state index contributed by atoms with van der Waals surface area (Å²) in [5, 5.41) is 8.79. The number of carboxylic acid groups (broad SMARTS) is 1. The molecule has 0 aromatic heterocycles. The van der Waals surface area contributed by atoms with Gasteiger partial charge in [-0.2, -0.15) is 0 Å². The van der Waals surface area contributed by atoms with Crippen LogP contribution in [0.15, 0.2) is 18.2 Å². The van der Waals surface area contributed by atoms with Crippen LogP contribution < -0.4 is 0 Å². The fourth-order valence-corrected chi connectivity index (χ4v) is 1.45. The van der Waals surface area contributed by atoms with E-state index in [2.05, 4.69) is 0 Å². The Balaban J connectivity index is 2.77. The summed E-state index contributed by atoms with van der Waals surface area (Å²) in [6, 6.07) is 3.35. The first kappa shape index (κ1) is 12.6. The standard InChI is InChI=1S/C12H14F2O2/c1-7(8(2)12(15)16)5-9-3-4-10(13)6-11(9)14/h3-4,6-8H,5H2,1-2H3,(H,15,16). The average molecular weight is 228 g/mol. The first-order chi connectivity index (χ1) is 7.41. The maximum absolute atomic E-state index is 13.3. The topological polar surface area (TPSA) is 37.3 Å². The highest BCUT2D eigenvalue weighted by atomic mass is 19.1. The van der Waals surface area contributed by atoms with Crippen molar-refractivity contribution in [2.45, 2.75) is 20.3 Å². The van der Waals surface area contributed by atoms with E-state index in [4.69, 9.17) is 5.11 Å². The molecule has 4 heteroatoms. The third-order valence-electron chi connectivity index (χ3n) is 2.80. The van der Waals surface area contributed by atoms with Crippen molar-refractivity contribution in [2.24, 2.45) is 11.8 Å². The van der Waals surface area contributed by atoms with E-state index >= 15 is 0 Å². The molecular weight excluding hydrogens is 214 g/mol. The molecule has 0 aliphatic carbocycles. The van der Waals surface area contributed by atoms with Crippen LogP contribution in [0.5, 0.6) is 0 Å². The molecule has 88 valence electrons. The average Bonchev–Trinajstić information content (AvgIpc) is 2.20. The van der Waals surface area contributed by atoms with Crippen molar-refractivity contribution in [1.29, 1.82) is 0 Å². The molecule has 0 radical (unpaired) electrons. The molecular formula is C12H14F2O2. The molecule has 0 spiro atoms. The van der Waals surface area contributed by atoms with Crippen LogP contribution in [0.25, 0.3) is 0 Å². The fraction of sp³-hybridized carbons (Fsp3) is 0.417. The van der Waals surface area contributed by atoms with Gasteiger partial charge in [0.25, 0.3) is 0 Å². The smallest absolute Gasteiger partial charge is 0.306 e. The van der Waals surface area contributed by atoms with Gasteiger partial charge in [-0.05, 0) is 24.0 Å². The van der Waals surface area contributed by atoms with Crippen LogP contribution >= 0.6 is 0 Å². The highest BCUT2D eigenvalue weighted by Gasteiger charge is 2.20. The monoisotopic (exact) mass is 228 g/mol. The summed E-state index contributed by atoms with van der Waals surface area (Å²) in [7, 11) is 0. The van der Waals surface area contributed by atoms with Gasteiger partial charge in [-0.3, -0.25) is 4.79 Å². The Hall–Kier alpha value is -1.45. The summed E-state index contributed by atoms with van der Waals surface area (Å²) in [5.74, 6) is -2.90. The highest BCUT2D eigenvalue weighted by molar-refractivity contribution is 5.69. The molecule has 0 saturated carbocycles. The van der Waals surface area contributed by atoms with Crippen LogP contribution in [0.4, 0.5) is 8.78 Å². The molecule has 1 rings (SSSR count). The zero-order valence-corrected chi connectivity index (χ0v) is 9.21. The van der Waals surface area contributed by atoms with Crippen molar-refractivity contribution in [3.63, 3.8) is 0 Å². The number of hydrogen-bond donors (Lipinski definition) is 1. The van der Waals surface area contributed by atoms with Crippen molar-refractivity contribution in [2.75, 3.05) is 0 Å².